The molecular formula is C5H12O7. The molecule has 0 atom stereocenters. The van der Waals surface area contributed by atoms with Gasteiger partial charge >= 0.3 is 0 Å². The molecule has 0 aliphatic heterocycles. The van der Waals surface area contributed by atoms with E-state index in [1.807, 2.05) is 0 Å². The highest BCUT2D eigenvalue weighted by atomic mass is 16.7. The predicted octanol–water partition coefficient (Wildman–Crippen LogP) is -3.96. The van der Waals surface area contributed by atoms with Gasteiger partial charge in [0.15, 0.2) is 0 Å². The first kappa shape index (κ1) is 11.7. The summed E-state index contributed by atoms with van der Waals surface area (Å²) in [7, 11) is 0. The summed E-state index contributed by atoms with van der Waals surface area (Å²) in [5.74, 6) is -10.2. The SMILES string of the molecule is CC(O)(O)C(O)(O)C(O)(O)CO. The highest BCUT2D eigenvalue weighted by Gasteiger charge is 2.58. The second-order valence-electron chi connectivity index (χ2n) is 2.67. The summed E-state index contributed by atoms with van der Waals surface area (Å²) >= 11 is 0. The van der Waals surface area contributed by atoms with Crippen LogP contribution < -0.4 is 0 Å². The van der Waals surface area contributed by atoms with Crippen LogP contribution in [0.1, 0.15) is 6.92 Å². The predicted molar refractivity (Wildman–Crippen MR) is 34.3 cm³/mol. The van der Waals surface area contributed by atoms with Gasteiger partial charge in [0.1, 0.15) is 6.61 Å². The molecule has 0 saturated carbocycles. The number of hydrogen-bond acceptors (Lipinski definition) is 7. The fourth-order valence-electron chi connectivity index (χ4n) is 0.489. The molecule has 0 saturated heterocycles. The van der Waals surface area contributed by atoms with E-state index in [0.717, 1.165) is 0 Å². The topological polar surface area (TPSA) is 142 Å². The third kappa shape index (κ3) is 1.72. The van der Waals surface area contributed by atoms with Gasteiger partial charge in [-0.1, -0.05) is 0 Å². The van der Waals surface area contributed by atoms with Gasteiger partial charge < -0.3 is 35.7 Å². The minimum absolute atomic E-state index is 0.518. The highest BCUT2D eigenvalue weighted by Crippen LogP contribution is 2.26. The van der Waals surface area contributed by atoms with Crippen molar-refractivity contribution in [2.24, 2.45) is 0 Å². The van der Waals surface area contributed by atoms with Gasteiger partial charge in [-0.05, 0) is 6.92 Å². The van der Waals surface area contributed by atoms with E-state index in [9.17, 15) is 0 Å². The van der Waals surface area contributed by atoms with Crippen LogP contribution in [0.25, 0.3) is 0 Å². The zero-order valence-corrected chi connectivity index (χ0v) is 6.34. The summed E-state index contributed by atoms with van der Waals surface area (Å²) in [6, 6.07) is 0. The van der Waals surface area contributed by atoms with Crippen molar-refractivity contribution in [3.63, 3.8) is 0 Å². The van der Waals surface area contributed by atoms with E-state index in [-0.39, 0.29) is 0 Å². The number of hydrogen-bond donors (Lipinski definition) is 7. The Morgan fingerprint density at radius 2 is 1.25 bits per heavy atom. The lowest BCUT2D eigenvalue weighted by molar-refractivity contribution is -0.451. The first-order chi connectivity index (χ1) is 5.06. The molecule has 0 fully saturated rings. The van der Waals surface area contributed by atoms with Crippen molar-refractivity contribution in [1.82, 2.24) is 0 Å². The number of rotatable bonds is 3. The standard InChI is InChI=1S/C5H12O7/c1-3(7,8)5(11,12)4(9,10)2-6/h6-12H,2H2,1H3. The first-order valence-corrected chi connectivity index (χ1v) is 3.01. The van der Waals surface area contributed by atoms with Crippen LogP contribution in [-0.4, -0.2) is 59.7 Å². The zero-order chi connectivity index (χ0) is 10.2. The summed E-state index contributed by atoms with van der Waals surface area (Å²) in [4.78, 5) is 0. The summed E-state index contributed by atoms with van der Waals surface area (Å²) in [6.07, 6.45) is 0. The van der Waals surface area contributed by atoms with Crippen molar-refractivity contribution in [3.8, 4) is 0 Å². The zero-order valence-electron chi connectivity index (χ0n) is 6.34. The van der Waals surface area contributed by atoms with Gasteiger partial charge in [0.2, 0.25) is 11.6 Å². The second-order valence-corrected chi connectivity index (χ2v) is 2.67. The van der Waals surface area contributed by atoms with Crippen molar-refractivity contribution in [1.29, 1.82) is 0 Å². The van der Waals surface area contributed by atoms with E-state index >= 15 is 0 Å². The molecule has 7 N–H and O–H groups in total. The van der Waals surface area contributed by atoms with Crippen LogP contribution in [0, 0.1) is 0 Å². The van der Waals surface area contributed by atoms with Crippen LogP contribution >= 0.6 is 0 Å². The Hall–Kier alpha value is -0.280. The van der Waals surface area contributed by atoms with Crippen molar-refractivity contribution in [3.05, 3.63) is 0 Å². The van der Waals surface area contributed by atoms with Gasteiger partial charge in [0.05, 0.1) is 0 Å². The summed E-state index contributed by atoms with van der Waals surface area (Å²) in [6.45, 7) is -0.944. The smallest absolute Gasteiger partial charge is 0.276 e. The van der Waals surface area contributed by atoms with E-state index in [1.165, 1.54) is 0 Å². The van der Waals surface area contributed by atoms with Crippen molar-refractivity contribution in [2.75, 3.05) is 6.61 Å². The van der Waals surface area contributed by atoms with Gasteiger partial charge in [-0.15, -0.1) is 0 Å². The van der Waals surface area contributed by atoms with Gasteiger partial charge in [0.25, 0.3) is 5.79 Å². The quantitative estimate of drug-likeness (QED) is 0.222. The van der Waals surface area contributed by atoms with Crippen LogP contribution in [0.15, 0.2) is 0 Å². The normalized spacial score (nSPS) is 15.0. The summed E-state index contributed by atoms with van der Waals surface area (Å²) in [5, 5.41) is 60.4. The molecule has 0 bridgehead atoms. The maximum absolute atomic E-state index is 8.77. The second kappa shape index (κ2) is 2.89. The molecule has 0 radical (unpaired) electrons. The lowest BCUT2D eigenvalue weighted by Gasteiger charge is -2.39. The fraction of sp³-hybridized carbons (Fsp3) is 1.00. The lowest BCUT2D eigenvalue weighted by Crippen LogP contribution is -2.68. The average molecular weight is 184 g/mol. The van der Waals surface area contributed by atoms with Crippen molar-refractivity contribution < 1.29 is 35.7 Å². The molecule has 0 heterocycles. The maximum atomic E-state index is 8.77. The van der Waals surface area contributed by atoms with Gasteiger partial charge in [0, 0.05) is 0 Å². The molecule has 74 valence electrons. The third-order valence-electron chi connectivity index (χ3n) is 1.44. The van der Waals surface area contributed by atoms with Crippen LogP contribution in [0.2, 0.25) is 0 Å². The van der Waals surface area contributed by atoms with E-state index in [4.69, 9.17) is 35.7 Å². The molecule has 7 nitrogen and oxygen atoms in total. The van der Waals surface area contributed by atoms with Crippen LogP contribution in [-0.2, 0) is 0 Å². The lowest BCUT2D eigenvalue weighted by atomic mass is 9.98. The molecule has 0 aromatic heterocycles. The number of aliphatic hydroxyl groups is 7. The molecule has 0 amide bonds. The molecule has 7 heteroatoms. The Morgan fingerprint density at radius 3 is 1.33 bits per heavy atom. The van der Waals surface area contributed by atoms with Crippen LogP contribution in [0.5, 0.6) is 0 Å². The fourth-order valence-corrected chi connectivity index (χ4v) is 0.489. The largest absolute Gasteiger partial charge is 0.391 e. The highest BCUT2D eigenvalue weighted by molar-refractivity contribution is 4.90. The molecular weight excluding hydrogens is 172 g/mol. The maximum Gasteiger partial charge on any atom is 0.276 e. The Bertz CT molecular complexity index is 156. The molecule has 0 spiro atoms. The molecule has 0 unspecified atom stereocenters. The van der Waals surface area contributed by atoms with Gasteiger partial charge in [-0.2, -0.15) is 0 Å². The molecule has 0 aliphatic rings. The Kier molecular flexibility index (Phi) is 2.82. The Balaban J connectivity index is 4.85. The summed E-state index contributed by atoms with van der Waals surface area (Å²) in [5.41, 5.74) is 0. The van der Waals surface area contributed by atoms with E-state index in [2.05, 4.69) is 0 Å². The molecule has 0 aliphatic carbocycles. The molecule has 0 aromatic rings. The molecule has 0 rings (SSSR count). The van der Waals surface area contributed by atoms with Crippen molar-refractivity contribution >= 4 is 0 Å². The van der Waals surface area contributed by atoms with E-state index in [0.29, 0.717) is 6.92 Å². The average Bonchev–Trinajstić information content (AvgIpc) is 1.85. The van der Waals surface area contributed by atoms with Gasteiger partial charge in [-0.3, -0.25) is 0 Å². The van der Waals surface area contributed by atoms with Crippen molar-refractivity contribution in [2.45, 2.75) is 24.3 Å². The van der Waals surface area contributed by atoms with Gasteiger partial charge in [-0.25, -0.2) is 0 Å². The van der Waals surface area contributed by atoms with E-state index < -0.39 is 24.0 Å². The molecule has 0 aromatic carbocycles. The monoisotopic (exact) mass is 184 g/mol. The minimum Gasteiger partial charge on any atom is -0.391 e. The Labute approximate surface area is 67.8 Å². The summed E-state index contributed by atoms with van der Waals surface area (Å²) < 4.78 is 0. The van der Waals surface area contributed by atoms with Crippen LogP contribution in [0.3, 0.4) is 0 Å². The minimum atomic E-state index is -3.64. The van der Waals surface area contributed by atoms with Crippen LogP contribution in [0.4, 0.5) is 0 Å². The Morgan fingerprint density at radius 1 is 0.917 bits per heavy atom. The first-order valence-electron chi connectivity index (χ1n) is 3.01. The van der Waals surface area contributed by atoms with E-state index in [1.54, 1.807) is 0 Å². The third-order valence-corrected chi connectivity index (χ3v) is 1.44. The molecule has 12 heavy (non-hydrogen) atoms. The number of aliphatic hydroxyl groups excluding tert-OH is 1.